The van der Waals surface area contributed by atoms with Crippen molar-refractivity contribution in [3.8, 4) is 0 Å². The maximum absolute atomic E-state index is 11.4. The lowest BCUT2D eigenvalue weighted by atomic mass is 9.78. The Morgan fingerprint density at radius 2 is 1.88 bits per heavy atom. The van der Waals surface area contributed by atoms with Crippen LogP contribution in [0.4, 0.5) is 0 Å². The zero-order chi connectivity index (χ0) is 12.3. The van der Waals surface area contributed by atoms with Gasteiger partial charge in [-0.25, -0.2) is 0 Å². The second-order valence-electron chi connectivity index (χ2n) is 6.00. The summed E-state index contributed by atoms with van der Waals surface area (Å²) in [6.07, 6.45) is 9.46. The van der Waals surface area contributed by atoms with Crippen molar-refractivity contribution in [3.05, 3.63) is 0 Å². The minimum Gasteiger partial charge on any atom is -0.480 e. The van der Waals surface area contributed by atoms with E-state index < -0.39 is 5.97 Å². The first-order chi connectivity index (χ1) is 8.16. The monoisotopic (exact) mass is 239 g/mol. The topological polar surface area (TPSA) is 49.3 Å². The van der Waals surface area contributed by atoms with Crippen molar-refractivity contribution >= 4 is 5.97 Å². The van der Waals surface area contributed by atoms with Crippen molar-refractivity contribution in [3.63, 3.8) is 0 Å². The van der Waals surface area contributed by atoms with E-state index in [9.17, 15) is 9.90 Å². The van der Waals surface area contributed by atoms with Gasteiger partial charge in [-0.1, -0.05) is 32.6 Å². The number of hydrogen-bond donors (Lipinski definition) is 2. The Balaban J connectivity index is 1.93. The molecule has 2 aliphatic carbocycles. The third kappa shape index (κ3) is 3.44. The van der Waals surface area contributed by atoms with E-state index in [1.165, 1.54) is 25.7 Å². The Bertz CT molecular complexity index is 261. The van der Waals surface area contributed by atoms with Crippen LogP contribution in [-0.4, -0.2) is 23.2 Å². The number of carboxylic acids is 1. The Morgan fingerprint density at radius 3 is 2.47 bits per heavy atom. The van der Waals surface area contributed by atoms with E-state index in [0.717, 1.165) is 25.7 Å². The highest BCUT2D eigenvalue weighted by Crippen LogP contribution is 2.32. The first-order valence-electron chi connectivity index (χ1n) is 7.15. The fourth-order valence-electron chi connectivity index (χ4n) is 3.54. The van der Waals surface area contributed by atoms with Gasteiger partial charge in [0, 0.05) is 6.04 Å². The molecule has 0 bridgehead atoms. The third-order valence-corrected chi connectivity index (χ3v) is 4.48. The number of nitrogens with one attached hydrogen (secondary N) is 1. The maximum Gasteiger partial charge on any atom is 0.320 e. The fourth-order valence-corrected chi connectivity index (χ4v) is 3.54. The van der Waals surface area contributed by atoms with Crippen LogP contribution < -0.4 is 5.32 Å². The summed E-state index contributed by atoms with van der Waals surface area (Å²) in [5.74, 6) is 0.397. The molecule has 0 aromatic rings. The highest BCUT2D eigenvalue weighted by Gasteiger charge is 2.33. The van der Waals surface area contributed by atoms with Gasteiger partial charge in [0.15, 0.2) is 0 Å². The summed E-state index contributed by atoms with van der Waals surface area (Å²) in [4.78, 5) is 11.4. The molecule has 0 amide bonds. The van der Waals surface area contributed by atoms with Crippen LogP contribution in [0.25, 0.3) is 0 Å². The number of aliphatic carboxylic acids is 1. The van der Waals surface area contributed by atoms with Crippen molar-refractivity contribution in [1.82, 2.24) is 5.32 Å². The fraction of sp³-hybridized carbons (Fsp3) is 0.929. The molecule has 0 heterocycles. The molecule has 3 atom stereocenters. The molecule has 3 nitrogen and oxygen atoms in total. The molecule has 0 aliphatic heterocycles. The van der Waals surface area contributed by atoms with Gasteiger partial charge in [-0.15, -0.1) is 0 Å². The highest BCUT2D eigenvalue weighted by molar-refractivity contribution is 5.74. The van der Waals surface area contributed by atoms with Gasteiger partial charge >= 0.3 is 5.97 Å². The van der Waals surface area contributed by atoms with Crippen molar-refractivity contribution in [2.75, 3.05) is 0 Å². The summed E-state index contributed by atoms with van der Waals surface area (Å²) in [6, 6.07) is 0.147. The average molecular weight is 239 g/mol. The summed E-state index contributed by atoms with van der Waals surface area (Å²) >= 11 is 0. The molecular formula is C14H25NO2. The molecule has 0 saturated heterocycles. The van der Waals surface area contributed by atoms with Gasteiger partial charge in [-0.2, -0.15) is 0 Å². The van der Waals surface area contributed by atoms with E-state index in [0.29, 0.717) is 17.9 Å². The quantitative estimate of drug-likeness (QED) is 0.793. The van der Waals surface area contributed by atoms with E-state index in [1.807, 2.05) is 0 Å². The minimum atomic E-state index is -0.643. The molecular weight excluding hydrogens is 214 g/mol. The van der Waals surface area contributed by atoms with E-state index in [4.69, 9.17) is 0 Å². The second-order valence-corrected chi connectivity index (χ2v) is 6.00. The predicted molar refractivity (Wildman–Crippen MR) is 67.9 cm³/mol. The smallest absolute Gasteiger partial charge is 0.320 e. The van der Waals surface area contributed by atoms with Gasteiger partial charge in [0.25, 0.3) is 0 Å². The van der Waals surface area contributed by atoms with Gasteiger partial charge in [-0.3, -0.25) is 4.79 Å². The molecule has 0 radical (unpaired) electrons. The number of hydrogen-bond acceptors (Lipinski definition) is 2. The lowest BCUT2D eigenvalue weighted by Gasteiger charge is -2.33. The lowest BCUT2D eigenvalue weighted by molar-refractivity contribution is -0.141. The van der Waals surface area contributed by atoms with Crippen LogP contribution in [0.3, 0.4) is 0 Å². The molecule has 3 heteroatoms. The van der Waals surface area contributed by atoms with Gasteiger partial charge < -0.3 is 10.4 Å². The number of carbonyl (C=O) groups is 1. The SMILES string of the molecule is CC1CCCC(C(NC2CCCC2)C(=O)O)C1. The van der Waals surface area contributed by atoms with E-state index in [2.05, 4.69) is 12.2 Å². The molecule has 17 heavy (non-hydrogen) atoms. The van der Waals surface area contributed by atoms with Gasteiger partial charge in [-0.05, 0) is 37.5 Å². The molecule has 2 aliphatic rings. The second kappa shape index (κ2) is 5.85. The molecule has 2 fully saturated rings. The Kier molecular flexibility index (Phi) is 4.43. The van der Waals surface area contributed by atoms with Crippen LogP contribution >= 0.6 is 0 Å². The average Bonchev–Trinajstić information content (AvgIpc) is 2.78. The van der Waals surface area contributed by atoms with Crippen molar-refractivity contribution < 1.29 is 9.90 Å². The normalized spacial score (nSPS) is 32.5. The van der Waals surface area contributed by atoms with E-state index in [1.54, 1.807) is 0 Å². The first-order valence-corrected chi connectivity index (χ1v) is 7.15. The Hall–Kier alpha value is -0.570. The van der Waals surface area contributed by atoms with Crippen LogP contribution in [0.15, 0.2) is 0 Å². The van der Waals surface area contributed by atoms with Crippen LogP contribution in [0, 0.1) is 11.8 Å². The first kappa shape index (κ1) is 12.9. The molecule has 0 aromatic carbocycles. The largest absolute Gasteiger partial charge is 0.480 e. The summed E-state index contributed by atoms with van der Waals surface area (Å²) in [7, 11) is 0. The zero-order valence-electron chi connectivity index (χ0n) is 10.8. The minimum absolute atomic E-state index is 0.305. The molecule has 3 unspecified atom stereocenters. The number of carboxylic acid groups (broad SMARTS) is 1. The molecule has 2 rings (SSSR count). The molecule has 2 saturated carbocycles. The standard InChI is InChI=1S/C14H25NO2/c1-10-5-4-6-11(9-10)13(14(16)17)15-12-7-2-3-8-12/h10-13,15H,2-9H2,1H3,(H,16,17). The maximum atomic E-state index is 11.4. The van der Waals surface area contributed by atoms with Crippen LogP contribution in [-0.2, 0) is 4.79 Å². The molecule has 0 spiro atoms. The van der Waals surface area contributed by atoms with Gasteiger partial charge in [0.1, 0.15) is 6.04 Å². The predicted octanol–water partition coefficient (Wildman–Crippen LogP) is 2.80. The summed E-state index contributed by atoms with van der Waals surface area (Å²) < 4.78 is 0. The zero-order valence-corrected chi connectivity index (χ0v) is 10.8. The van der Waals surface area contributed by atoms with E-state index in [-0.39, 0.29) is 6.04 Å². The summed E-state index contributed by atoms with van der Waals surface area (Å²) in [6.45, 7) is 2.25. The summed E-state index contributed by atoms with van der Waals surface area (Å²) in [5.41, 5.74) is 0. The van der Waals surface area contributed by atoms with Crippen molar-refractivity contribution in [2.24, 2.45) is 11.8 Å². The summed E-state index contributed by atoms with van der Waals surface area (Å²) in [5, 5.41) is 12.8. The third-order valence-electron chi connectivity index (χ3n) is 4.48. The van der Waals surface area contributed by atoms with Crippen molar-refractivity contribution in [2.45, 2.75) is 70.4 Å². The Labute approximate surface area is 104 Å². The van der Waals surface area contributed by atoms with Crippen LogP contribution in [0.5, 0.6) is 0 Å². The van der Waals surface area contributed by atoms with E-state index >= 15 is 0 Å². The Morgan fingerprint density at radius 1 is 1.18 bits per heavy atom. The molecule has 98 valence electrons. The van der Waals surface area contributed by atoms with Gasteiger partial charge in [0.2, 0.25) is 0 Å². The van der Waals surface area contributed by atoms with Gasteiger partial charge in [0.05, 0.1) is 0 Å². The number of rotatable bonds is 4. The lowest BCUT2D eigenvalue weighted by Crippen LogP contribution is -2.48. The van der Waals surface area contributed by atoms with Crippen LogP contribution in [0.1, 0.15) is 58.3 Å². The highest BCUT2D eigenvalue weighted by atomic mass is 16.4. The molecule has 2 N–H and O–H groups in total. The molecule has 0 aromatic heterocycles. The van der Waals surface area contributed by atoms with Crippen molar-refractivity contribution in [1.29, 1.82) is 0 Å². The van der Waals surface area contributed by atoms with Crippen LogP contribution in [0.2, 0.25) is 0 Å².